The molecular weight excluding hydrogens is 515 g/mol. The van der Waals surface area contributed by atoms with Crippen LogP contribution in [0.4, 0.5) is 4.39 Å². The lowest BCUT2D eigenvalue weighted by atomic mass is 10.1. The van der Waals surface area contributed by atoms with Gasteiger partial charge in [-0.15, -0.1) is 0 Å². The fourth-order valence-electron chi connectivity index (χ4n) is 4.67. The molecule has 1 atom stereocenters. The average Bonchev–Trinajstić information content (AvgIpc) is 3.61. The number of benzene rings is 2. The molecular formula is C24H21FN8O4S. The molecule has 6 rings (SSSR count). The Kier molecular flexibility index (Phi) is 5.86. The molecule has 14 heteroatoms. The molecule has 1 unspecified atom stereocenters. The topological polar surface area (TPSA) is 145 Å². The Hall–Kier alpha value is -4.27. The van der Waals surface area contributed by atoms with Crippen LogP contribution < -0.4 is 0 Å². The van der Waals surface area contributed by atoms with Crippen LogP contribution in [0.25, 0.3) is 28.6 Å². The average molecular weight is 537 g/mol. The van der Waals surface area contributed by atoms with Crippen molar-refractivity contribution in [2.75, 3.05) is 12.8 Å². The Balaban J connectivity index is 1.42. The molecule has 0 saturated carbocycles. The first-order chi connectivity index (χ1) is 18.3. The summed E-state index contributed by atoms with van der Waals surface area (Å²) in [6.07, 6.45) is 2.70. The zero-order chi connectivity index (χ0) is 26.4. The fraction of sp³-hybridized carbons (Fsp3) is 0.208. The Morgan fingerprint density at radius 1 is 1.13 bits per heavy atom. The first kappa shape index (κ1) is 24.1. The Morgan fingerprint density at radius 2 is 1.95 bits per heavy atom. The zero-order valence-electron chi connectivity index (χ0n) is 20.0. The van der Waals surface area contributed by atoms with Crippen molar-refractivity contribution in [1.82, 2.24) is 39.4 Å². The third kappa shape index (κ3) is 4.49. The van der Waals surface area contributed by atoms with E-state index in [2.05, 4.69) is 25.2 Å². The van der Waals surface area contributed by atoms with Crippen LogP contribution in [0, 0.1) is 5.82 Å². The van der Waals surface area contributed by atoms with Crippen LogP contribution in [-0.2, 0) is 23.2 Å². The minimum Gasteiger partial charge on any atom is -0.337 e. The molecule has 4 heterocycles. The maximum absolute atomic E-state index is 14.2. The molecule has 0 aliphatic carbocycles. The summed E-state index contributed by atoms with van der Waals surface area (Å²) in [7, 11) is -2.57. The third-order valence-electron chi connectivity index (χ3n) is 6.20. The molecule has 0 spiro atoms. The second kappa shape index (κ2) is 9.24. The second-order valence-corrected chi connectivity index (χ2v) is 10.5. The van der Waals surface area contributed by atoms with Gasteiger partial charge < -0.3 is 4.52 Å². The van der Waals surface area contributed by atoms with Crippen molar-refractivity contribution in [2.45, 2.75) is 19.1 Å². The maximum Gasteiger partial charge on any atom is 0.267 e. The monoisotopic (exact) mass is 536 g/mol. The van der Waals surface area contributed by atoms with E-state index in [-0.39, 0.29) is 17.3 Å². The van der Waals surface area contributed by atoms with E-state index in [0.29, 0.717) is 35.9 Å². The Labute approximate surface area is 216 Å². The third-order valence-corrected chi connectivity index (χ3v) is 6.93. The Morgan fingerprint density at radius 3 is 2.74 bits per heavy atom. The van der Waals surface area contributed by atoms with E-state index in [9.17, 15) is 17.4 Å². The van der Waals surface area contributed by atoms with Crippen molar-refractivity contribution in [3.8, 4) is 28.6 Å². The Bertz CT molecular complexity index is 1730. The summed E-state index contributed by atoms with van der Waals surface area (Å²) in [5.74, 6) is -0.531. The molecule has 1 aliphatic rings. The van der Waals surface area contributed by atoms with E-state index in [0.717, 1.165) is 5.56 Å². The SMILES string of the molecule is CN(Cc1ccccc1)Cc1nc(-c2ncn3c2C(CS(=O)(=O)O)n2ncnc2-c2cc(F)ccc2-3)no1. The summed E-state index contributed by atoms with van der Waals surface area (Å²) >= 11 is 0. The van der Waals surface area contributed by atoms with Crippen molar-refractivity contribution in [2.24, 2.45) is 0 Å². The van der Waals surface area contributed by atoms with E-state index in [1.807, 2.05) is 42.3 Å². The van der Waals surface area contributed by atoms with E-state index < -0.39 is 27.7 Å². The molecule has 3 aromatic heterocycles. The fourth-order valence-corrected chi connectivity index (χ4v) is 5.37. The van der Waals surface area contributed by atoms with Crippen molar-refractivity contribution in [3.05, 3.63) is 84.2 Å². The lowest BCUT2D eigenvalue weighted by Gasteiger charge is -2.17. The summed E-state index contributed by atoms with van der Waals surface area (Å²) in [4.78, 5) is 15.2. The highest BCUT2D eigenvalue weighted by molar-refractivity contribution is 7.85. The van der Waals surface area contributed by atoms with Gasteiger partial charge in [0.1, 0.15) is 36.0 Å². The predicted octanol–water partition coefficient (Wildman–Crippen LogP) is 2.74. The standard InChI is InChI=1S/C24H21FN8O4S/c1-31(10-15-5-3-2-4-6-15)11-20-29-23(30-37-20)21-22-19(12-38(34,35)36)33-24(26-13-28-33)17-9-16(25)7-8-18(17)32(22)14-27-21/h2-9,13-14,19H,10-12H2,1H3,(H,34,35,36). The van der Waals surface area contributed by atoms with E-state index >= 15 is 0 Å². The van der Waals surface area contributed by atoms with Crippen molar-refractivity contribution >= 4 is 10.1 Å². The van der Waals surface area contributed by atoms with Crippen LogP contribution in [0.2, 0.25) is 0 Å². The van der Waals surface area contributed by atoms with E-state index in [1.165, 1.54) is 35.5 Å². The van der Waals surface area contributed by atoms with E-state index in [4.69, 9.17) is 4.52 Å². The van der Waals surface area contributed by atoms with Crippen LogP contribution in [-0.4, -0.2) is 65.1 Å². The molecule has 0 fully saturated rings. The second-order valence-electron chi connectivity index (χ2n) is 8.97. The lowest BCUT2D eigenvalue weighted by molar-refractivity contribution is 0.261. The van der Waals surface area contributed by atoms with Gasteiger partial charge in [0.15, 0.2) is 5.82 Å². The van der Waals surface area contributed by atoms with Gasteiger partial charge in [-0.2, -0.15) is 18.5 Å². The number of imidazole rings is 1. The maximum atomic E-state index is 14.2. The molecule has 1 aliphatic heterocycles. The highest BCUT2D eigenvalue weighted by Gasteiger charge is 2.36. The predicted molar refractivity (Wildman–Crippen MR) is 132 cm³/mol. The van der Waals surface area contributed by atoms with Gasteiger partial charge in [-0.3, -0.25) is 14.0 Å². The molecule has 0 bridgehead atoms. The van der Waals surface area contributed by atoms with Crippen LogP contribution in [0.15, 0.2) is 65.7 Å². The van der Waals surface area contributed by atoms with Gasteiger partial charge >= 0.3 is 0 Å². The minimum atomic E-state index is -4.49. The number of hydrogen-bond acceptors (Lipinski definition) is 9. The normalized spacial score (nSPS) is 14.7. The summed E-state index contributed by atoms with van der Waals surface area (Å²) in [5, 5.41) is 8.30. The zero-order valence-corrected chi connectivity index (χ0v) is 20.8. The molecule has 2 aromatic carbocycles. The van der Waals surface area contributed by atoms with E-state index in [1.54, 1.807) is 4.57 Å². The van der Waals surface area contributed by atoms with Gasteiger partial charge in [0, 0.05) is 12.1 Å². The summed E-state index contributed by atoms with van der Waals surface area (Å²) < 4.78 is 56.6. The van der Waals surface area contributed by atoms with Gasteiger partial charge in [-0.1, -0.05) is 35.5 Å². The number of hydrogen-bond donors (Lipinski definition) is 1. The summed E-state index contributed by atoms with van der Waals surface area (Å²) in [6, 6.07) is 13.0. The smallest absolute Gasteiger partial charge is 0.267 e. The molecule has 12 nitrogen and oxygen atoms in total. The van der Waals surface area contributed by atoms with Crippen LogP contribution in [0.3, 0.4) is 0 Å². The molecule has 0 saturated heterocycles. The highest BCUT2D eigenvalue weighted by atomic mass is 32.2. The molecule has 38 heavy (non-hydrogen) atoms. The van der Waals surface area contributed by atoms with Crippen molar-refractivity contribution < 1.29 is 21.9 Å². The molecule has 194 valence electrons. The summed E-state index contributed by atoms with van der Waals surface area (Å²) in [5.41, 5.74) is 2.56. The van der Waals surface area contributed by atoms with Gasteiger partial charge in [0.2, 0.25) is 11.7 Å². The largest absolute Gasteiger partial charge is 0.337 e. The van der Waals surface area contributed by atoms with Crippen LogP contribution in [0.5, 0.6) is 0 Å². The van der Waals surface area contributed by atoms with Crippen molar-refractivity contribution in [1.29, 1.82) is 0 Å². The first-order valence-corrected chi connectivity index (χ1v) is 13.2. The molecule has 5 aromatic rings. The van der Waals surface area contributed by atoms with Crippen LogP contribution >= 0.6 is 0 Å². The van der Waals surface area contributed by atoms with Crippen LogP contribution in [0.1, 0.15) is 23.2 Å². The number of halogens is 1. The summed E-state index contributed by atoms with van der Waals surface area (Å²) in [6.45, 7) is 1.03. The van der Waals surface area contributed by atoms with Gasteiger partial charge in [0.05, 0.1) is 17.9 Å². The first-order valence-electron chi connectivity index (χ1n) is 11.5. The quantitative estimate of drug-likeness (QED) is 0.308. The minimum absolute atomic E-state index is 0.134. The highest BCUT2D eigenvalue weighted by Crippen LogP contribution is 2.39. The number of fused-ring (bicyclic) bond motifs is 5. The van der Waals surface area contributed by atoms with Gasteiger partial charge in [-0.05, 0) is 30.8 Å². The number of rotatable bonds is 7. The molecule has 0 amide bonds. The number of aromatic nitrogens is 7. The molecule has 1 N–H and O–H groups in total. The lowest BCUT2D eigenvalue weighted by Crippen LogP contribution is -2.24. The van der Waals surface area contributed by atoms with Gasteiger partial charge in [-0.25, -0.2) is 19.0 Å². The number of nitrogens with zero attached hydrogens (tertiary/aromatic N) is 8. The van der Waals surface area contributed by atoms with Crippen molar-refractivity contribution in [3.63, 3.8) is 0 Å². The van der Waals surface area contributed by atoms with Gasteiger partial charge in [0.25, 0.3) is 10.1 Å². The molecule has 0 radical (unpaired) electrons.